The normalized spacial score (nSPS) is 18.5. The number of hydrogen-bond acceptors (Lipinski definition) is 2. The predicted octanol–water partition coefficient (Wildman–Crippen LogP) is 3.85. The number of nitrogens with zero attached hydrogens (tertiary/aromatic N) is 3. The molecule has 1 aliphatic heterocycles. The van der Waals surface area contributed by atoms with Crippen LogP contribution in [0.4, 0.5) is 0 Å². The van der Waals surface area contributed by atoms with E-state index in [0.29, 0.717) is 16.6 Å². The van der Waals surface area contributed by atoms with Crippen LogP contribution in [0.2, 0.25) is 5.02 Å². The summed E-state index contributed by atoms with van der Waals surface area (Å²) in [5.41, 5.74) is 2.40. The van der Waals surface area contributed by atoms with Gasteiger partial charge in [-0.25, -0.2) is 4.68 Å². The molecule has 1 unspecified atom stereocenters. The molecule has 116 valence electrons. The van der Waals surface area contributed by atoms with Crippen molar-refractivity contribution in [3.63, 3.8) is 0 Å². The summed E-state index contributed by atoms with van der Waals surface area (Å²) >= 11 is 6.04. The first-order valence-corrected chi connectivity index (χ1v) is 8.07. The van der Waals surface area contributed by atoms with Crippen LogP contribution in [0.15, 0.2) is 30.5 Å². The lowest BCUT2D eigenvalue weighted by Crippen LogP contribution is -2.42. The molecule has 1 saturated heterocycles. The molecule has 4 nitrogen and oxygen atoms in total. The Bertz CT molecular complexity index is 695. The number of halogens is 1. The van der Waals surface area contributed by atoms with E-state index in [-0.39, 0.29) is 5.91 Å². The van der Waals surface area contributed by atoms with E-state index in [1.807, 2.05) is 36.1 Å². The topological polar surface area (TPSA) is 38.1 Å². The van der Waals surface area contributed by atoms with Crippen molar-refractivity contribution >= 4 is 17.5 Å². The van der Waals surface area contributed by atoms with E-state index in [1.54, 1.807) is 10.9 Å². The molecule has 0 saturated carbocycles. The molecule has 0 radical (unpaired) electrons. The Morgan fingerprint density at radius 1 is 1.36 bits per heavy atom. The smallest absolute Gasteiger partial charge is 0.257 e. The van der Waals surface area contributed by atoms with Crippen LogP contribution in [0.3, 0.4) is 0 Å². The molecule has 0 bridgehead atoms. The van der Waals surface area contributed by atoms with Gasteiger partial charge in [-0.1, -0.05) is 17.7 Å². The van der Waals surface area contributed by atoms with Crippen LogP contribution < -0.4 is 0 Å². The van der Waals surface area contributed by atoms with Gasteiger partial charge in [-0.15, -0.1) is 0 Å². The van der Waals surface area contributed by atoms with Gasteiger partial charge in [-0.05, 0) is 51.3 Å². The summed E-state index contributed by atoms with van der Waals surface area (Å²) in [5.74, 6) is 0.0815. The van der Waals surface area contributed by atoms with E-state index < -0.39 is 0 Å². The Balaban J connectivity index is 1.91. The second kappa shape index (κ2) is 6.13. The molecule has 5 heteroatoms. The second-order valence-electron chi connectivity index (χ2n) is 5.88. The minimum absolute atomic E-state index is 0.0815. The van der Waals surface area contributed by atoms with Gasteiger partial charge in [0.2, 0.25) is 0 Å². The summed E-state index contributed by atoms with van der Waals surface area (Å²) in [4.78, 5) is 14.8. The van der Waals surface area contributed by atoms with Crippen molar-refractivity contribution in [2.24, 2.45) is 0 Å². The molecule has 0 N–H and O–H groups in total. The van der Waals surface area contributed by atoms with Gasteiger partial charge in [0.15, 0.2) is 0 Å². The van der Waals surface area contributed by atoms with Crippen LogP contribution in [-0.4, -0.2) is 33.2 Å². The molecule has 1 amide bonds. The third-order valence-electron chi connectivity index (χ3n) is 4.36. The molecule has 3 rings (SSSR count). The summed E-state index contributed by atoms with van der Waals surface area (Å²) in [6, 6.07) is 7.79. The highest BCUT2D eigenvalue weighted by Crippen LogP contribution is 2.22. The fraction of sp³-hybridized carbons (Fsp3) is 0.412. The van der Waals surface area contributed by atoms with Gasteiger partial charge < -0.3 is 4.90 Å². The first-order chi connectivity index (χ1) is 10.6. The van der Waals surface area contributed by atoms with Crippen LogP contribution in [0.25, 0.3) is 5.69 Å². The molecule has 1 fully saturated rings. The number of hydrogen-bond donors (Lipinski definition) is 0. The average Bonchev–Trinajstić information content (AvgIpc) is 2.89. The average molecular weight is 318 g/mol. The highest BCUT2D eigenvalue weighted by Gasteiger charge is 2.26. The molecule has 0 aliphatic carbocycles. The number of aromatic nitrogens is 2. The molecule has 2 aromatic rings. The molecular formula is C17H20ClN3O. The summed E-state index contributed by atoms with van der Waals surface area (Å²) in [6.45, 7) is 4.88. The van der Waals surface area contributed by atoms with Crippen molar-refractivity contribution in [3.8, 4) is 5.69 Å². The minimum Gasteiger partial charge on any atom is -0.336 e. The van der Waals surface area contributed by atoms with E-state index in [4.69, 9.17) is 11.6 Å². The zero-order valence-electron chi connectivity index (χ0n) is 12.9. The van der Waals surface area contributed by atoms with E-state index in [1.165, 1.54) is 6.42 Å². The third-order valence-corrected chi connectivity index (χ3v) is 4.59. The maximum Gasteiger partial charge on any atom is 0.257 e. The van der Waals surface area contributed by atoms with Crippen LogP contribution in [-0.2, 0) is 0 Å². The molecule has 1 aliphatic rings. The van der Waals surface area contributed by atoms with Crippen LogP contribution in [0.5, 0.6) is 0 Å². The van der Waals surface area contributed by atoms with E-state index in [9.17, 15) is 4.79 Å². The SMILES string of the molecule is Cc1c(C(=O)N2CCCCC2C)cnn1-c1cccc(Cl)c1. The van der Waals surface area contributed by atoms with E-state index in [2.05, 4.69) is 12.0 Å². The Hall–Kier alpha value is -1.81. The van der Waals surface area contributed by atoms with Gasteiger partial charge in [0.25, 0.3) is 5.91 Å². The van der Waals surface area contributed by atoms with Crippen LogP contribution in [0.1, 0.15) is 42.2 Å². The maximum atomic E-state index is 12.8. The number of amides is 1. The predicted molar refractivity (Wildman–Crippen MR) is 87.7 cm³/mol. The molecule has 1 aromatic carbocycles. The fourth-order valence-corrected chi connectivity index (χ4v) is 3.23. The number of carbonyl (C=O) groups is 1. The number of piperidine rings is 1. The Morgan fingerprint density at radius 3 is 2.91 bits per heavy atom. The van der Waals surface area contributed by atoms with Crippen molar-refractivity contribution in [2.45, 2.75) is 39.2 Å². The number of likely N-dealkylation sites (tertiary alicyclic amines) is 1. The molecule has 0 spiro atoms. The van der Waals surface area contributed by atoms with Crippen molar-refractivity contribution < 1.29 is 4.79 Å². The highest BCUT2D eigenvalue weighted by atomic mass is 35.5. The molecule has 2 heterocycles. The van der Waals surface area contributed by atoms with E-state index >= 15 is 0 Å². The Kier molecular flexibility index (Phi) is 4.21. The molecule has 22 heavy (non-hydrogen) atoms. The van der Waals surface area contributed by atoms with Crippen molar-refractivity contribution in [3.05, 3.63) is 46.7 Å². The monoisotopic (exact) mass is 317 g/mol. The maximum absolute atomic E-state index is 12.8. The van der Waals surface area contributed by atoms with Gasteiger partial charge >= 0.3 is 0 Å². The fourth-order valence-electron chi connectivity index (χ4n) is 3.04. The van der Waals surface area contributed by atoms with Crippen molar-refractivity contribution in [1.29, 1.82) is 0 Å². The zero-order valence-corrected chi connectivity index (χ0v) is 13.7. The first kappa shape index (κ1) is 15.1. The summed E-state index contributed by atoms with van der Waals surface area (Å²) in [5, 5.41) is 5.04. The number of benzene rings is 1. The van der Waals surface area contributed by atoms with Crippen molar-refractivity contribution in [2.75, 3.05) is 6.54 Å². The standard InChI is InChI=1S/C17H20ClN3O/c1-12-6-3-4-9-20(12)17(22)16-11-19-21(13(16)2)15-8-5-7-14(18)10-15/h5,7-8,10-12H,3-4,6,9H2,1-2H3. The largest absolute Gasteiger partial charge is 0.336 e. The van der Waals surface area contributed by atoms with Crippen LogP contribution >= 0.6 is 11.6 Å². The van der Waals surface area contributed by atoms with Gasteiger partial charge in [0.05, 0.1) is 23.1 Å². The number of rotatable bonds is 2. The quantitative estimate of drug-likeness (QED) is 0.844. The zero-order chi connectivity index (χ0) is 15.7. The summed E-state index contributed by atoms with van der Waals surface area (Å²) < 4.78 is 1.77. The molecule has 1 aromatic heterocycles. The Labute approximate surface area is 135 Å². The summed E-state index contributed by atoms with van der Waals surface area (Å²) in [7, 11) is 0. The minimum atomic E-state index is 0.0815. The molecule has 1 atom stereocenters. The molecular weight excluding hydrogens is 298 g/mol. The Morgan fingerprint density at radius 2 is 2.18 bits per heavy atom. The highest BCUT2D eigenvalue weighted by molar-refractivity contribution is 6.30. The van der Waals surface area contributed by atoms with Gasteiger partial charge in [0, 0.05) is 17.6 Å². The van der Waals surface area contributed by atoms with Gasteiger partial charge in [-0.3, -0.25) is 4.79 Å². The van der Waals surface area contributed by atoms with Crippen LogP contribution in [0, 0.1) is 6.92 Å². The van der Waals surface area contributed by atoms with E-state index in [0.717, 1.165) is 30.8 Å². The summed E-state index contributed by atoms with van der Waals surface area (Å²) in [6.07, 6.45) is 5.02. The second-order valence-corrected chi connectivity index (χ2v) is 6.32. The first-order valence-electron chi connectivity index (χ1n) is 7.69. The lowest BCUT2D eigenvalue weighted by atomic mass is 10.0. The van der Waals surface area contributed by atoms with Crippen molar-refractivity contribution in [1.82, 2.24) is 14.7 Å². The lowest BCUT2D eigenvalue weighted by Gasteiger charge is -2.33. The lowest BCUT2D eigenvalue weighted by molar-refractivity contribution is 0.0635. The number of carbonyl (C=O) groups excluding carboxylic acids is 1. The third kappa shape index (κ3) is 2.75. The van der Waals surface area contributed by atoms with Gasteiger partial charge in [0.1, 0.15) is 0 Å². The van der Waals surface area contributed by atoms with Gasteiger partial charge in [-0.2, -0.15) is 5.10 Å².